The Labute approximate surface area is 120 Å². The maximum atomic E-state index is 12.4. The van der Waals surface area contributed by atoms with Crippen LogP contribution in [-0.4, -0.2) is 40.3 Å². The SMILES string of the molecule is CCC1C(=O)NC(=O)CN1C(=O)c1ccc(Cl)cc1O. The van der Waals surface area contributed by atoms with Crippen LogP contribution >= 0.6 is 11.6 Å². The lowest BCUT2D eigenvalue weighted by molar-refractivity contribution is -0.138. The normalized spacial score (nSPS) is 18.9. The summed E-state index contributed by atoms with van der Waals surface area (Å²) in [5.41, 5.74) is 0.00958. The third-order valence-electron chi connectivity index (χ3n) is 3.09. The van der Waals surface area contributed by atoms with Gasteiger partial charge >= 0.3 is 0 Å². The second kappa shape index (κ2) is 5.50. The first kappa shape index (κ1) is 14.3. The molecule has 0 bridgehead atoms. The number of halogens is 1. The van der Waals surface area contributed by atoms with Crippen molar-refractivity contribution < 1.29 is 19.5 Å². The standard InChI is InChI=1S/C13H13ClN2O4/c1-2-9-12(19)15-11(18)6-16(9)13(20)8-4-3-7(14)5-10(8)17/h3-5,9,17H,2,6H2,1H3,(H,15,18,19). The Bertz CT molecular complexity index is 588. The van der Waals surface area contributed by atoms with E-state index >= 15 is 0 Å². The van der Waals surface area contributed by atoms with Crippen LogP contribution in [0.5, 0.6) is 5.75 Å². The molecular formula is C13H13ClN2O4. The molecule has 1 aliphatic heterocycles. The highest BCUT2D eigenvalue weighted by molar-refractivity contribution is 6.30. The highest BCUT2D eigenvalue weighted by Gasteiger charge is 2.36. The zero-order chi connectivity index (χ0) is 14.9. The van der Waals surface area contributed by atoms with E-state index in [2.05, 4.69) is 5.32 Å². The molecular weight excluding hydrogens is 284 g/mol. The van der Waals surface area contributed by atoms with Gasteiger partial charge in [-0.05, 0) is 24.6 Å². The molecule has 7 heteroatoms. The summed E-state index contributed by atoms with van der Waals surface area (Å²) >= 11 is 5.71. The summed E-state index contributed by atoms with van der Waals surface area (Å²) < 4.78 is 0. The summed E-state index contributed by atoms with van der Waals surface area (Å²) in [5.74, 6) is -1.91. The number of piperazine rings is 1. The van der Waals surface area contributed by atoms with Gasteiger partial charge in [-0.15, -0.1) is 0 Å². The number of nitrogens with one attached hydrogen (secondary N) is 1. The molecule has 0 radical (unpaired) electrons. The number of rotatable bonds is 2. The van der Waals surface area contributed by atoms with Crippen molar-refractivity contribution in [3.05, 3.63) is 28.8 Å². The first-order valence-electron chi connectivity index (χ1n) is 6.07. The highest BCUT2D eigenvalue weighted by atomic mass is 35.5. The molecule has 6 nitrogen and oxygen atoms in total. The predicted molar refractivity (Wildman–Crippen MR) is 71.4 cm³/mol. The number of carbonyl (C=O) groups excluding carboxylic acids is 3. The topological polar surface area (TPSA) is 86.7 Å². The lowest BCUT2D eigenvalue weighted by atomic mass is 10.1. The summed E-state index contributed by atoms with van der Waals surface area (Å²) in [6, 6.07) is 3.34. The van der Waals surface area contributed by atoms with Crippen molar-refractivity contribution in [3.63, 3.8) is 0 Å². The average Bonchev–Trinajstić information content (AvgIpc) is 2.37. The summed E-state index contributed by atoms with van der Waals surface area (Å²) in [7, 11) is 0. The fraction of sp³-hybridized carbons (Fsp3) is 0.308. The quantitative estimate of drug-likeness (QED) is 0.795. The molecule has 1 atom stereocenters. The van der Waals surface area contributed by atoms with Crippen molar-refractivity contribution in [3.8, 4) is 5.75 Å². The minimum absolute atomic E-state index is 0.00958. The first-order valence-corrected chi connectivity index (χ1v) is 6.45. The Balaban J connectivity index is 2.34. The van der Waals surface area contributed by atoms with Gasteiger partial charge in [0, 0.05) is 5.02 Å². The van der Waals surface area contributed by atoms with Gasteiger partial charge in [-0.2, -0.15) is 0 Å². The molecule has 3 amide bonds. The Morgan fingerprint density at radius 1 is 1.50 bits per heavy atom. The minimum Gasteiger partial charge on any atom is -0.507 e. The molecule has 0 spiro atoms. The number of hydrogen-bond acceptors (Lipinski definition) is 4. The van der Waals surface area contributed by atoms with Crippen molar-refractivity contribution in [1.29, 1.82) is 0 Å². The molecule has 1 fully saturated rings. The monoisotopic (exact) mass is 296 g/mol. The van der Waals surface area contributed by atoms with Gasteiger partial charge in [-0.3, -0.25) is 19.7 Å². The van der Waals surface area contributed by atoms with E-state index in [4.69, 9.17) is 11.6 Å². The van der Waals surface area contributed by atoms with Gasteiger partial charge in [0.15, 0.2) is 0 Å². The van der Waals surface area contributed by atoms with E-state index in [0.29, 0.717) is 11.4 Å². The number of phenolic OH excluding ortho intramolecular Hbond substituents is 1. The largest absolute Gasteiger partial charge is 0.507 e. The van der Waals surface area contributed by atoms with Crippen molar-refractivity contribution >= 4 is 29.3 Å². The molecule has 1 heterocycles. The van der Waals surface area contributed by atoms with E-state index in [1.165, 1.54) is 18.2 Å². The number of carbonyl (C=O) groups is 3. The smallest absolute Gasteiger partial charge is 0.258 e. The maximum absolute atomic E-state index is 12.4. The Hall–Kier alpha value is -2.08. The molecule has 20 heavy (non-hydrogen) atoms. The van der Waals surface area contributed by atoms with Crippen LogP contribution in [0.1, 0.15) is 23.7 Å². The van der Waals surface area contributed by atoms with E-state index in [9.17, 15) is 19.5 Å². The van der Waals surface area contributed by atoms with Crippen LogP contribution in [0, 0.1) is 0 Å². The molecule has 2 N–H and O–H groups in total. The number of hydrogen-bond donors (Lipinski definition) is 2. The van der Waals surface area contributed by atoms with Crippen molar-refractivity contribution in [1.82, 2.24) is 10.2 Å². The molecule has 0 aliphatic carbocycles. The highest BCUT2D eigenvalue weighted by Crippen LogP contribution is 2.24. The maximum Gasteiger partial charge on any atom is 0.258 e. The molecule has 1 aromatic carbocycles. The van der Waals surface area contributed by atoms with Gasteiger partial charge in [0.25, 0.3) is 5.91 Å². The Kier molecular flexibility index (Phi) is 3.94. The number of phenols is 1. The number of imide groups is 1. The predicted octanol–water partition coefficient (Wildman–Crippen LogP) is 0.923. The van der Waals surface area contributed by atoms with Gasteiger partial charge in [0.05, 0.1) is 5.56 Å². The lowest BCUT2D eigenvalue weighted by Gasteiger charge is -2.33. The molecule has 0 saturated carbocycles. The second-order valence-electron chi connectivity index (χ2n) is 4.43. The van der Waals surface area contributed by atoms with Gasteiger partial charge in [-0.25, -0.2) is 0 Å². The van der Waals surface area contributed by atoms with Crippen LogP contribution in [-0.2, 0) is 9.59 Å². The summed E-state index contributed by atoms with van der Waals surface area (Å²) in [6.07, 6.45) is 0.374. The number of aromatic hydroxyl groups is 1. The van der Waals surface area contributed by atoms with E-state index in [1.807, 2.05) is 0 Å². The van der Waals surface area contributed by atoms with Gasteiger partial charge < -0.3 is 10.0 Å². The fourth-order valence-corrected chi connectivity index (χ4v) is 2.29. The number of nitrogens with zero attached hydrogens (tertiary/aromatic N) is 1. The molecule has 1 aromatic rings. The molecule has 2 rings (SSSR count). The van der Waals surface area contributed by atoms with Crippen LogP contribution in [0.3, 0.4) is 0 Å². The van der Waals surface area contributed by atoms with Crippen molar-refractivity contribution in [2.24, 2.45) is 0 Å². The second-order valence-corrected chi connectivity index (χ2v) is 4.87. The summed E-state index contributed by atoms with van der Waals surface area (Å²) in [6.45, 7) is 1.52. The van der Waals surface area contributed by atoms with Gasteiger partial charge in [0.2, 0.25) is 11.8 Å². The zero-order valence-electron chi connectivity index (χ0n) is 10.7. The van der Waals surface area contributed by atoms with Gasteiger partial charge in [0.1, 0.15) is 18.3 Å². The van der Waals surface area contributed by atoms with Crippen LogP contribution < -0.4 is 5.32 Å². The molecule has 106 valence electrons. The van der Waals surface area contributed by atoms with E-state index in [1.54, 1.807) is 6.92 Å². The van der Waals surface area contributed by atoms with Crippen molar-refractivity contribution in [2.45, 2.75) is 19.4 Å². The van der Waals surface area contributed by atoms with E-state index < -0.39 is 23.8 Å². The fourth-order valence-electron chi connectivity index (χ4n) is 2.13. The van der Waals surface area contributed by atoms with E-state index in [-0.39, 0.29) is 17.9 Å². The molecule has 1 aliphatic rings. The first-order chi connectivity index (χ1) is 9.43. The molecule has 1 saturated heterocycles. The third-order valence-corrected chi connectivity index (χ3v) is 3.33. The number of benzene rings is 1. The van der Waals surface area contributed by atoms with Crippen LogP contribution in [0.15, 0.2) is 18.2 Å². The zero-order valence-corrected chi connectivity index (χ0v) is 11.5. The number of amides is 3. The third kappa shape index (κ3) is 2.60. The summed E-state index contributed by atoms with van der Waals surface area (Å²) in [5, 5.41) is 12.2. The van der Waals surface area contributed by atoms with Gasteiger partial charge in [-0.1, -0.05) is 18.5 Å². The average molecular weight is 297 g/mol. The van der Waals surface area contributed by atoms with Crippen LogP contribution in [0.4, 0.5) is 0 Å². The Morgan fingerprint density at radius 2 is 2.20 bits per heavy atom. The van der Waals surface area contributed by atoms with Crippen LogP contribution in [0.25, 0.3) is 0 Å². The van der Waals surface area contributed by atoms with Crippen LogP contribution in [0.2, 0.25) is 5.02 Å². The molecule has 0 aromatic heterocycles. The van der Waals surface area contributed by atoms with E-state index in [0.717, 1.165) is 4.90 Å². The lowest BCUT2D eigenvalue weighted by Crippen LogP contribution is -2.59. The minimum atomic E-state index is -0.727. The Morgan fingerprint density at radius 3 is 2.80 bits per heavy atom. The summed E-state index contributed by atoms with van der Waals surface area (Å²) in [4.78, 5) is 36.7. The molecule has 1 unspecified atom stereocenters. The van der Waals surface area contributed by atoms with Crippen molar-refractivity contribution in [2.75, 3.05) is 6.54 Å².